The summed E-state index contributed by atoms with van der Waals surface area (Å²) in [4.78, 5) is 11.1. The zero-order valence-electron chi connectivity index (χ0n) is 9.27. The maximum Gasteiger partial charge on any atom is 0.334 e. The Hall–Kier alpha value is -1.97. The molecule has 0 radical (unpaired) electrons. The Balaban J connectivity index is 2.67. The highest BCUT2D eigenvalue weighted by molar-refractivity contribution is 5.82. The SMILES string of the molecule is CCOC(=O)C=C(C)Oc1ccccc1O. The van der Waals surface area contributed by atoms with E-state index in [0.717, 1.165) is 0 Å². The Kier molecular flexibility index (Phi) is 4.39. The first kappa shape index (κ1) is 12.1. The van der Waals surface area contributed by atoms with Gasteiger partial charge >= 0.3 is 5.97 Å². The number of phenols is 1. The second-order valence-electron chi connectivity index (χ2n) is 3.08. The highest BCUT2D eigenvalue weighted by Gasteiger charge is 2.03. The normalized spacial score (nSPS) is 11.0. The molecule has 1 aromatic carbocycles. The highest BCUT2D eigenvalue weighted by atomic mass is 16.5. The first-order valence-corrected chi connectivity index (χ1v) is 4.94. The van der Waals surface area contributed by atoms with Crippen molar-refractivity contribution in [2.75, 3.05) is 6.61 Å². The Morgan fingerprint density at radius 2 is 2.12 bits per heavy atom. The van der Waals surface area contributed by atoms with E-state index in [1.165, 1.54) is 12.1 Å². The fourth-order valence-corrected chi connectivity index (χ4v) is 1.10. The van der Waals surface area contributed by atoms with Crippen molar-refractivity contribution in [3.8, 4) is 11.5 Å². The molecule has 1 rings (SSSR count). The largest absolute Gasteiger partial charge is 0.504 e. The van der Waals surface area contributed by atoms with E-state index in [0.29, 0.717) is 18.1 Å². The maximum atomic E-state index is 11.1. The van der Waals surface area contributed by atoms with Gasteiger partial charge in [-0.05, 0) is 26.0 Å². The van der Waals surface area contributed by atoms with Gasteiger partial charge in [0.25, 0.3) is 0 Å². The van der Waals surface area contributed by atoms with Gasteiger partial charge in [0.15, 0.2) is 11.5 Å². The van der Waals surface area contributed by atoms with Gasteiger partial charge in [0, 0.05) is 0 Å². The third-order valence-electron chi connectivity index (χ3n) is 1.74. The van der Waals surface area contributed by atoms with Crippen LogP contribution in [0.2, 0.25) is 0 Å². The second kappa shape index (κ2) is 5.80. The molecule has 0 unspecified atom stereocenters. The van der Waals surface area contributed by atoms with Crippen LogP contribution in [0.1, 0.15) is 13.8 Å². The molecule has 0 spiro atoms. The number of carbonyl (C=O) groups is 1. The minimum atomic E-state index is -0.463. The standard InChI is InChI=1S/C12H14O4/c1-3-15-12(14)8-9(2)16-11-7-5-4-6-10(11)13/h4-8,13H,3H2,1-2H3. The summed E-state index contributed by atoms with van der Waals surface area (Å²) in [5.74, 6) is 0.232. The molecule has 0 aliphatic carbocycles. The molecule has 0 atom stereocenters. The van der Waals surface area contributed by atoms with Crippen molar-refractivity contribution in [2.24, 2.45) is 0 Å². The average molecular weight is 222 g/mol. The summed E-state index contributed by atoms with van der Waals surface area (Å²) in [6.07, 6.45) is 1.23. The number of phenolic OH excluding ortho intramolecular Hbond substituents is 1. The molecular formula is C12H14O4. The number of hydrogen-bond donors (Lipinski definition) is 1. The fourth-order valence-electron chi connectivity index (χ4n) is 1.10. The Morgan fingerprint density at radius 1 is 1.44 bits per heavy atom. The van der Waals surface area contributed by atoms with E-state index in [1.807, 2.05) is 0 Å². The molecule has 0 aliphatic heterocycles. The molecule has 0 saturated heterocycles. The smallest absolute Gasteiger partial charge is 0.334 e. The summed E-state index contributed by atoms with van der Waals surface area (Å²) in [5.41, 5.74) is 0. The predicted octanol–water partition coefficient (Wildman–Crippen LogP) is 2.24. The average Bonchev–Trinajstić information content (AvgIpc) is 2.21. The molecule has 16 heavy (non-hydrogen) atoms. The summed E-state index contributed by atoms with van der Waals surface area (Å²) in [6.45, 7) is 3.66. The fraction of sp³-hybridized carbons (Fsp3) is 0.250. The molecule has 0 heterocycles. The molecule has 1 aromatic rings. The Labute approximate surface area is 94.1 Å². The van der Waals surface area contributed by atoms with Crippen LogP contribution in [0, 0.1) is 0 Å². The lowest BCUT2D eigenvalue weighted by Crippen LogP contribution is -2.02. The number of aromatic hydroxyl groups is 1. The van der Waals surface area contributed by atoms with Crippen molar-refractivity contribution in [2.45, 2.75) is 13.8 Å². The molecule has 0 aliphatic rings. The number of hydrogen-bond acceptors (Lipinski definition) is 4. The van der Waals surface area contributed by atoms with E-state index >= 15 is 0 Å². The van der Waals surface area contributed by atoms with Gasteiger partial charge in [0.05, 0.1) is 12.7 Å². The van der Waals surface area contributed by atoms with Crippen molar-refractivity contribution in [1.29, 1.82) is 0 Å². The van der Waals surface area contributed by atoms with Crippen LogP contribution in [-0.2, 0) is 9.53 Å². The van der Waals surface area contributed by atoms with Crippen LogP contribution in [0.4, 0.5) is 0 Å². The number of benzene rings is 1. The van der Waals surface area contributed by atoms with Crippen molar-refractivity contribution in [1.82, 2.24) is 0 Å². The van der Waals surface area contributed by atoms with Crippen LogP contribution in [0.5, 0.6) is 11.5 Å². The van der Waals surface area contributed by atoms with Crippen LogP contribution in [0.25, 0.3) is 0 Å². The van der Waals surface area contributed by atoms with E-state index < -0.39 is 5.97 Å². The lowest BCUT2D eigenvalue weighted by Gasteiger charge is -2.06. The van der Waals surface area contributed by atoms with Gasteiger partial charge in [-0.15, -0.1) is 0 Å². The first-order chi connectivity index (χ1) is 7.63. The third kappa shape index (κ3) is 3.65. The molecule has 0 fully saturated rings. The van der Waals surface area contributed by atoms with E-state index in [-0.39, 0.29) is 5.75 Å². The van der Waals surface area contributed by atoms with E-state index in [9.17, 15) is 9.90 Å². The summed E-state index contributed by atoms with van der Waals surface area (Å²) < 4.78 is 10.00. The minimum absolute atomic E-state index is 0.0270. The molecule has 1 N–H and O–H groups in total. The zero-order valence-corrected chi connectivity index (χ0v) is 9.27. The molecule has 0 amide bonds. The second-order valence-corrected chi connectivity index (χ2v) is 3.08. The van der Waals surface area contributed by atoms with Gasteiger partial charge in [-0.25, -0.2) is 4.79 Å². The molecule has 0 saturated carbocycles. The van der Waals surface area contributed by atoms with E-state index in [2.05, 4.69) is 0 Å². The van der Waals surface area contributed by atoms with Gasteiger partial charge < -0.3 is 14.6 Å². The summed E-state index contributed by atoms with van der Waals surface area (Å²) in [6, 6.07) is 6.53. The number of para-hydroxylation sites is 2. The van der Waals surface area contributed by atoms with Gasteiger partial charge in [-0.1, -0.05) is 12.1 Å². The van der Waals surface area contributed by atoms with Gasteiger partial charge in [-0.3, -0.25) is 0 Å². The number of esters is 1. The van der Waals surface area contributed by atoms with Crippen molar-refractivity contribution in [3.05, 3.63) is 36.1 Å². The van der Waals surface area contributed by atoms with Crippen LogP contribution in [-0.4, -0.2) is 17.7 Å². The lowest BCUT2D eigenvalue weighted by molar-refractivity contribution is -0.137. The molecule has 0 aromatic heterocycles. The summed E-state index contributed by atoms with van der Waals surface area (Å²) >= 11 is 0. The Bertz CT molecular complexity index is 396. The van der Waals surface area contributed by atoms with Crippen molar-refractivity contribution in [3.63, 3.8) is 0 Å². The molecular weight excluding hydrogens is 208 g/mol. The van der Waals surface area contributed by atoms with Gasteiger partial charge in [-0.2, -0.15) is 0 Å². The number of ether oxygens (including phenoxy) is 2. The van der Waals surface area contributed by atoms with E-state index in [1.54, 1.807) is 32.0 Å². The molecule has 0 bridgehead atoms. The minimum Gasteiger partial charge on any atom is -0.504 e. The lowest BCUT2D eigenvalue weighted by atomic mass is 10.3. The topological polar surface area (TPSA) is 55.8 Å². The van der Waals surface area contributed by atoms with Crippen molar-refractivity contribution < 1.29 is 19.4 Å². The first-order valence-electron chi connectivity index (χ1n) is 4.94. The van der Waals surface area contributed by atoms with E-state index in [4.69, 9.17) is 9.47 Å². The maximum absolute atomic E-state index is 11.1. The summed E-state index contributed by atoms with van der Waals surface area (Å²) in [7, 11) is 0. The van der Waals surface area contributed by atoms with Crippen LogP contribution >= 0.6 is 0 Å². The number of carbonyl (C=O) groups excluding carboxylic acids is 1. The third-order valence-corrected chi connectivity index (χ3v) is 1.74. The number of allylic oxidation sites excluding steroid dienone is 1. The Morgan fingerprint density at radius 3 is 2.75 bits per heavy atom. The van der Waals surface area contributed by atoms with Crippen LogP contribution in [0.3, 0.4) is 0 Å². The quantitative estimate of drug-likeness (QED) is 0.482. The zero-order chi connectivity index (χ0) is 12.0. The molecule has 86 valence electrons. The van der Waals surface area contributed by atoms with Crippen LogP contribution in [0.15, 0.2) is 36.1 Å². The van der Waals surface area contributed by atoms with Gasteiger partial charge in [0.2, 0.25) is 0 Å². The van der Waals surface area contributed by atoms with Crippen LogP contribution < -0.4 is 4.74 Å². The monoisotopic (exact) mass is 222 g/mol. The predicted molar refractivity (Wildman–Crippen MR) is 59.1 cm³/mol. The van der Waals surface area contributed by atoms with Gasteiger partial charge in [0.1, 0.15) is 5.76 Å². The molecule has 4 heteroatoms. The highest BCUT2D eigenvalue weighted by Crippen LogP contribution is 2.26. The molecule has 4 nitrogen and oxygen atoms in total. The van der Waals surface area contributed by atoms with Crippen molar-refractivity contribution >= 4 is 5.97 Å². The summed E-state index contributed by atoms with van der Waals surface area (Å²) in [5, 5.41) is 9.43. The number of rotatable bonds is 4.